The molecule has 6 nitrogen and oxygen atoms in total. The van der Waals surface area contributed by atoms with Crippen LogP contribution in [0.25, 0.3) is 0 Å². The molecule has 1 aromatic rings. The van der Waals surface area contributed by atoms with Gasteiger partial charge in [0.05, 0.1) is 0 Å². The Morgan fingerprint density at radius 1 is 1.05 bits per heavy atom. The van der Waals surface area contributed by atoms with Crippen LogP contribution in [0.5, 0.6) is 0 Å². The van der Waals surface area contributed by atoms with Crippen LogP contribution in [0.1, 0.15) is 5.56 Å². The van der Waals surface area contributed by atoms with E-state index in [-0.39, 0.29) is 6.17 Å². The van der Waals surface area contributed by atoms with Crippen molar-refractivity contribution in [3.8, 4) is 0 Å². The van der Waals surface area contributed by atoms with Crippen molar-refractivity contribution in [3.05, 3.63) is 35.9 Å². The first-order valence-electron chi connectivity index (χ1n) is 6.93. The van der Waals surface area contributed by atoms with E-state index in [0.717, 1.165) is 32.6 Å². The van der Waals surface area contributed by atoms with Crippen molar-refractivity contribution in [1.82, 2.24) is 32.1 Å². The van der Waals surface area contributed by atoms with E-state index in [1.807, 2.05) is 0 Å². The van der Waals surface area contributed by atoms with Crippen molar-refractivity contribution in [2.24, 2.45) is 0 Å². The molecule has 2 fully saturated rings. The van der Waals surface area contributed by atoms with E-state index in [4.69, 9.17) is 0 Å². The van der Waals surface area contributed by atoms with Gasteiger partial charge in [0.25, 0.3) is 0 Å². The van der Waals surface area contributed by atoms with Crippen LogP contribution < -0.4 is 27.2 Å². The van der Waals surface area contributed by atoms with Crippen LogP contribution in [0, 0.1) is 0 Å². The second kappa shape index (κ2) is 6.42. The summed E-state index contributed by atoms with van der Waals surface area (Å²) in [5.41, 5.74) is 13.7. The van der Waals surface area contributed by atoms with Gasteiger partial charge in [0.15, 0.2) is 0 Å². The zero-order valence-electron chi connectivity index (χ0n) is 11.0. The average Bonchev–Trinajstić information content (AvgIpc) is 3.01. The molecular weight excluding hydrogens is 240 g/mol. The summed E-state index contributed by atoms with van der Waals surface area (Å²) in [6.07, 6.45) is 1.24. The minimum absolute atomic E-state index is 0.207. The molecule has 0 bridgehead atoms. The van der Waals surface area contributed by atoms with Crippen molar-refractivity contribution in [3.63, 3.8) is 0 Å². The molecule has 3 rings (SSSR count). The second-order valence-corrected chi connectivity index (χ2v) is 5.06. The molecule has 0 amide bonds. The maximum absolute atomic E-state index is 3.41. The van der Waals surface area contributed by atoms with Crippen molar-refractivity contribution >= 4 is 0 Å². The molecule has 0 saturated carbocycles. The third kappa shape index (κ3) is 3.30. The molecule has 6 heteroatoms. The molecule has 5 N–H and O–H groups in total. The Balaban J connectivity index is 1.71. The summed E-state index contributed by atoms with van der Waals surface area (Å²) in [5.74, 6) is 0. The Hall–Kier alpha value is -1.02. The van der Waals surface area contributed by atoms with Gasteiger partial charge in [0.1, 0.15) is 6.17 Å². The quantitative estimate of drug-likeness (QED) is 0.477. The van der Waals surface area contributed by atoms with Crippen LogP contribution >= 0.6 is 0 Å². The molecule has 2 heterocycles. The highest BCUT2D eigenvalue weighted by Crippen LogP contribution is 2.13. The van der Waals surface area contributed by atoms with Gasteiger partial charge < -0.3 is 5.32 Å². The van der Waals surface area contributed by atoms with Gasteiger partial charge in [0.2, 0.25) is 0 Å². The fraction of sp³-hybridized carbons (Fsp3) is 0.538. The highest BCUT2D eigenvalue weighted by Gasteiger charge is 2.30. The van der Waals surface area contributed by atoms with Crippen molar-refractivity contribution in [1.29, 1.82) is 0 Å². The number of hydrogen-bond acceptors (Lipinski definition) is 6. The van der Waals surface area contributed by atoms with E-state index in [2.05, 4.69) is 62.5 Å². The van der Waals surface area contributed by atoms with Crippen LogP contribution in [0.2, 0.25) is 0 Å². The van der Waals surface area contributed by atoms with Crippen molar-refractivity contribution in [2.75, 3.05) is 26.2 Å². The third-order valence-electron chi connectivity index (χ3n) is 3.81. The van der Waals surface area contributed by atoms with Crippen LogP contribution in [0.4, 0.5) is 0 Å². The normalized spacial score (nSPS) is 23.6. The minimum Gasteiger partial charge on any atom is -0.314 e. The van der Waals surface area contributed by atoms with Gasteiger partial charge >= 0.3 is 0 Å². The fourth-order valence-electron chi connectivity index (χ4n) is 2.78. The molecule has 0 aromatic heterocycles. The van der Waals surface area contributed by atoms with E-state index in [1.54, 1.807) is 0 Å². The largest absolute Gasteiger partial charge is 0.314 e. The maximum Gasteiger partial charge on any atom is 0.102 e. The lowest BCUT2D eigenvalue weighted by Gasteiger charge is -2.37. The molecule has 1 aromatic carbocycles. The Morgan fingerprint density at radius 2 is 1.74 bits per heavy atom. The number of hydrogen-bond donors (Lipinski definition) is 5. The molecule has 1 atom stereocenters. The lowest BCUT2D eigenvalue weighted by atomic mass is 10.0. The smallest absolute Gasteiger partial charge is 0.102 e. The monoisotopic (exact) mass is 262 g/mol. The van der Waals surface area contributed by atoms with Crippen molar-refractivity contribution in [2.45, 2.75) is 18.6 Å². The van der Waals surface area contributed by atoms with Gasteiger partial charge in [-0.25, -0.2) is 10.9 Å². The van der Waals surface area contributed by atoms with E-state index >= 15 is 0 Å². The van der Waals surface area contributed by atoms with Gasteiger partial charge in [0, 0.05) is 32.2 Å². The standard InChI is InChI=1S/C13H22N6/c1-2-4-11(5-3-1)10-12(13-15-17-18-16-13)19-8-6-14-7-9-19/h1-5,12-18H,6-10H2. The topological polar surface area (TPSA) is 63.4 Å². The molecule has 19 heavy (non-hydrogen) atoms. The summed E-state index contributed by atoms with van der Waals surface area (Å²) >= 11 is 0. The van der Waals surface area contributed by atoms with Crippen LogP contribution in [0.15, 0.2) is 30.3 Å². The fourth-order valence-corrected chi connectivity index (χ4v) is 2.78. The first kappa shape index (κ1) is 13.0. The SMILES string of the molecule is c1ccc(CC(C2NNNN2)N2CCNCC2)cc1. The minimum atomic E-state index is 0.207. The van der Waals surface area contributed by atoms with E-state index < -0.39 is 0 Å². The van der Waals surface area contributed by atoms with E-state index in [0.29, 0.717) is 6.04 Å². The number of piperazine rings is 1. The highest BCUT2D eigenvalue weighted by molar-refractivity contribution is 5.16. The van der Waals surface area contributed by atoms with Crippen LogP contribution in [-0.2, 0) is 6.42 Å². The molecule has 1 unspecified atom stereocenters. The number of nitrogens with one attached hydrogen (secondary N) is 5. The van der Waals surface area contributed by atoms with Gasteiger partial charge in [-0.2, -0.15) is 11.1 Å². The van der Waals surface area contributed by atoms with Crippen LogP contribution in [0.3, 0.4) is 0 Å². The molecule has 0 aliphatic carbocycles. The first-order valence-corrected chi connectivity index (χ1v) is 6.93. The molecular formula is C13H22N6. The summed E-state index contributed by atoms with van der Waals surface area (Å²) in [6.45, 7) is 4.33. The third-order valence-corrected chi connectivity index (χ3v) is 3.81. The first-order chi connectivity index (χ1) is 9.43. The van der Waals surface area contributed by atoms with Gasteiger partial charge in [-0.3, -0.25) is 4.90 Å². The molecule has 2 aliphatic heterocycles. The molecule has 104 valence electrons. The molecule has 0 spiro atoms. The summed E-state index contributed by atoms with van der Waals surface area (Å²) in [5, 5.41) is 3.41. The molecule has 2 saturated heterocycles. The predicted molar refractivity (Wildman–Crippen MR) is 74.7 cm³/mol. The summed E-state index contributed by atoms with van der Waals surface area (Å²) in [7, 11) is 0. The van der Waals surface area contributed by atoms with Crippen molar-refractivity contribution < 1.29 is 0 Å². The number of rotatable bonds is 4. The number of nitrogens with zero attached hydrogens (tertiary/aromatic N) is 1. The number of hydrazine groups is 3. The van der Waals surface area contributed by atoms with Gasteiger partial charge in [-0.15, -0.1) is 0 Å². The summed E-state index contributed by atoms with van der Waals surface area (Å²) < 4.78 is 0. The lowest BCUT2D eigenvalue weighted by molar-refractivity contribution is 0.133. The second-order valence-electron chi connectivity index (χ2n) is 5.06. The Kier molecular flexibility index (Phi) is 4.39. The Labute approximate surface area is 113 Å². The van der Waals surface area contributed by atoms with Crippen LogP contribution in [-0.4, -0.2) is 43.3 Å². The summed E-state index contributed by atoms with van der Waals surface area (Å²) in [4.78, 5) is 2.54. The Morgan fingerprint density at radius 3 is 2.42 bits per heavy atom. The zero-order chi connectivity index (χ0) is 12.9. The van der Waals surface area contributed by atoms with Gasteiger partial charge in [-0.1, -0.05) is 30.3 Å². The predicted octanol–water partition coefficient (Wildman–Crippen LogP) is -1.05. The lowest BCUT2D eigenvalue weighted by Crippen LogP contribution is -2.58. The average molecular weight is 262 g/mol. The molecule has 2 aliphatic rings. The number of benzene rings is 1. The molecule has 0 radical (unpaired) electrons. The zero-order valence-corrected chi connectivity index (χ0v) is 11.0. The summed E-state index contributed by atoms with van der Waals surface area (Å²) in [6, 6.07) is 11.1. The maximum atomic E-state index is 3.41. The van der Waals surface area contributed by atoms with E-state index in [9.17, 15) is 0 Å². The highest BCUT2D eigenvalue weighted by atomic mass is 15.8. The Bertz CT molecular complexity index is 372. The van der Waals surface area contributed by atoms with E-state index in [1.165, 1.54) is 5.56 Å². The van der Waals surface area contributed by atoms with Gasteiger partial charge in [-0.05, 0) is 12.0 Å².